The Morgan fingerprint density at radius 1 is 0.912 bits per heavy atom. The molecule has 0 saturated carbocycles. The van der Waals surface area contributed by atoms with Crippen molar-refractivity contribution in [2.75, 3.05) is 19.6 Å². The third kappa shape index (κ3) is 18.1. The number of hydrogen-bond donors (Lipinski definition) is 9. The zero-order chi connectivity index (χ0) is 42.3. The highest BCUT2D eigenvalue weighted by Gasteiger charge is 2.27. The number of aromatic amines is 1. The minimum atomic E-state index is -1.07. The Hall–Kier alpha value is -5.83. The van der Waals surface area contributed by atoms with Crippen molar-refractivity contribution in [1.29, 1.82) is 0 Å². The van der Waals surface area contributed by atoms with Crippen molar-refractivity contribution in [3.05, 3.63) is 102 Å². The SMILES string of the molecule is CC(N)C(=O)NC(Cc1c[nH]c2ccccc12)C(=O)NC(C)C(=O)NN(Cc1ccc(O)cc1)C(P)=NCC(=O)NCC(N)=O.CCCCN.Cc1ccccc1. The van der Waals surface area contributed by atoms with Crippen LogP contribution in [0.1, 0.15) is 50.3 Å². The number of aromatic hydroxyl groups is 1. The lowest BCUT2D eigenvalue weighted by Gasteiger charge is -2.27. The molecule has 57 heavy (non-hydrogen) atoms. The molecule has 1 aromatic heterocycles. The third-order valence-corrected chi connectivity index (χ3v) is 8.53. The number of aryl methyl sites for hydroxylation is 1. The summed E-state index contributed by atoms with van der Waals surface area (Å²) in [6.45, 7) is 7.39. The molecule has 4 atom stereocenters. The molecule has 0 radical (unpaired) electrons. The first-order valence-electron chi connectivity index (χ1n) is 18.5. The summed E-state index contributed by atoms with van der Waals surface area (Å²) in [6.07, 6.45) is 4.28. The van der Waals surface area contributed by atoms with E-state index < -0.39 is 47.7 Å². The first-order chi connectivity index (χ1) is 27.1. The number of rotatable bonds is 15. The summed E-state index contributed by atoms with van der Waals surface area (Å²) in [5, 5.41) is 19.5. The normalized spacial score (nSPS) is 12.3. The molecule has 5 amide bonds. The van der Waals surface area contributed by atoms with Crippen LogP contribution in [0.25, 0.3) is 10.9 Å². The number of amidine groups is 1. The predicted molar refractivity (Wildman–Crippen MR) is 226 cm³/mol. The van der Waals surface area contributed by atoms with Crippen LogP contribution in [0, 0.1) is 6.92 Å². The molecular weight excluding hydrogens is 747 g/mol. The second kappa shape index (κ2) is 25.4. The van der Waals surface area contributed by atoms with Crippen molar-refractivity contribution in [3.63, 3.8) is 0 Å². The van der Waals surface area contributed by atoms with Gasteiger partial charge in [-0.3, -0.25) is 39.4 Å². The number of benzene rings is 3. The number of carbonyl (C=O) groups excluding carboxylic acids is 5. The number of unbranched alkanes of at least 4 members (excludes halogenated alkanes) is 1. The molecule has 1 heterocycles. The number of para-hydroxylation sites is 1. The Balaban J connectivity index is 0.000000799. The van der Waals surface area contributed by atoms with Gasteiger partial charge in [0.15, 0.2) is 0 Å². The fraction of sp³-hybridized carbons (Fsp3) is 0.350. The van der Waals surface area contributed by atoms with Gasteiger partial charge in [-0.15, -0.1) is 0 Å². The van der Waals surface area contributed by atoms with Crippen LogP contribution < -0.4 is 38.6 Å². The predicted octanol–water partition coefficient (Wildman–Crippen LogP) is 1.86. The number of carbonyl (C=O) groups is 5. The molecule has 0 saturated heterocycles. The first kappa shape index (κ1) is 47.3. The van der Waals surface area contributed by atoms with E-state index in [1.54, 1.807) is 18.3 Å². The molecule has 4 rings (SSSR count). The summed E-state index contributed by atoms with van der Waals surface area (Å²) in [6, 6.07) is 21.0. The minimum absolute atomic E-state index is 0.0508. The van der Waals surface area contributed by atoms with Gasteiger partial charge < -0.3 is 43.2 Å². The van der Waals surface area contributed by atoms with E-state index in [2.05, 4.69) is 66.6 Å². The van der Waals surface area contributed by atoms with E-state index in [1.165, 1.54) is 49.4 Å². The smallest absolute Gasteiger partial charge is 0.260 e. The molecule has 3 aromatic carbocycles. The number of hydrazine groups is 1. The number of H-pyrrole nitrogens is 1. The summed E-state index contributed by atoms with van der Waals surface area (Å²) < 4.78 is 0. The molecule has 308 valence electrons. The number of nitrogens with zero attached hydrogens (tertiary/aromatic N) is 2. The molecule has 16 nitrogen and oxygen atoms in total. The van der Waals surface area contributed by atoms with Crippen molar-refractivity contribution in [2.24, 2.45) is 22.2 Å². The Morgan fingerprint density at radius 3 is 2.12 bits per heavy atom. The van der Waals surface area contributed by atoms with Gasteiger partial charge in [-0.2, -0.15) is 0 Å². The fourth-order valence-electron chi connectivity index (χ4n) is 4.82. The van der Waals surface area contributed by atoms with E-state index in [1.807, 2.05) is 42.5 Å². The maximum atomic E-state index is 13.4. The van der Waals surface area contributed by atoms with Crippen LogP contribution in [0.15, 0.2) is 90.1 Å². The highest BCUT2D eigenvalue weighted by molar-refractivity contribution is 7.40. The molecule has 0 aliphatic carbocycles. The largest absolute Gasteiger partial charge is 0.508 e. The van der Waals surface area contributed by atoms with E-state index in [0.717, 1.165) is 23.0 Å². The van der Waals surface area contributed by atoms with E-state index in [9.17, 15) is 29.1 Å². The van der Waals surface area contributed by atoms with Crippen LogP contribution in [0.2, 0.25) is 0 Å². The van der Waals surface area contributed by atoms with Gasteiger partial charge >= 0.3 is 0 Å². The zero-order valence-electron chi connectivity index (χ0n) is 33.0. The molecule has 0 fully saturated rings. The molecule has 0 aliphatic heterocycles. The lowest BCUT2D eigenvalue weighted by Crippen LogP contribution is -2.57. The Morgan fingerprint density at radius 2 is 1.56 bits per heavy atom. The van der Waals surface area contributed by atoms with Gasteiger partial charge in [0.2, 0.25) is 23.6 Å². The number of primary amides is 1. The van der Waals surface area contributed by atoms with Gasteiger partial charge in [0.1, 0.15) is 30.0 Å². The maximum Gasteiger partial charge on any atom is 0.260 e. The lowest BCUT2D eigenvalue weighted by atomic mass is 10.0. The summed E-state index contributed by atoms with van der Waals surface area (Å²) in [5.41, 5.74) is 22.4. The van der Waals surface area contributed by atoms with Crippen LogP contribution in [-0.2, 0) is 36.9 Å². The second-order valence-electron chi connectivity index (χ2n) is 13.1. The van der Waals surface area contributed by atoms with Gasteiger partial charge in [0, 0.05) is 23.5 Å². The van der Waals surface area contributed by atoms with Gasteiger partial charge in [-0.25, -0.2) is 0 Å². The summed E-state index contributed by atoms with van der Waals surface area (Å²) >= 11 is 0. The number of phenols is 1. The number of aromatic nitrogens is 1. The molecule has 0 bridgehead atoms. The standard InChI is InChI=1S/C29H38N9O6P.C7H8.C4H11N/c1-16(30)26(42)36-23(11-19-12-32-22-6-4-3-5-21(19)22)28(44)35-17(2)27(43)37-38(15-18-7-9-20(39)10-8-18)29(45)34-14-25(41)33-13-24(31)40;1-7-5-3-2-4-6-7;1-2-3-4-5/h3-10,12,16-17,23,32,39H,11,13-15,30,45H2,1-2H3,(H2,31,40)(H,33,41)(H,35,44)(H,36,42)(H,37,43);2-6H,1H3;2-5H2,1H3. The first-order valence-corrected chi connectivity index (χ1v) is 19.1. The van der Waals surface area contributed by atoms with Crippen molar-refractivity contribution < 1.29 is 29.1 Å². The van der Waals surface area contributed by atoms with E-state index in [-0.39, 0.29) is 37.4 Å². The molecule has 0 aliphatic rings. The van der Waals surface area contributed by atoms with E-state index in [0.29, 0.717) is 5.56 Å². The quantitative estimate of drug-likeness (QED) is 0.0367. The van der Waals surface area contributed by atoms with Crippen LogP contribution in [0.5, 0.6) is 5.75 Å². The zero-order valence-corrected chi connectivity index (χ0v) is 34.1. The van der Waals surface area contributed by atoms with Crippen molar-refractivity contribution in [2.45, 2.75) is 71.6 Å². The van der Waals surface area contributed by atoms with Crippen LogP contribution in [0.4, 0.5) is 0 Å². The third-order valence-electron chi connectivity index (χ3n) is 8.04. The maximum absolute atomic E-state index is 13.4. The van der Waals surface area contributed by atoms with Crippen molar-refractivity contribution in [1.82, 2.24) is 31.4 Å². The second-order valence-corrected chi connectivity index (χ2v) is 13.6. The number of fused-ring (bicyclic) bond motifs is 1. The highest BCUT2D eigenvalue weighted by Crippen LogP contribution is 2.19. The van der Waals surface area contributed by atoms with Crippen LogP contribution in [-0.4, -0.2) is 88.0 Å². The number of amides is 5. The molecule has 4 unspecified atom stereocenters. The Bertz CT molecular complexity index is 1900. The van der Waals surface area contributed by atoms with Gasteiger partial charge in [-0.05, 0) is 63.1 Å². The highest BCUT2D eigenvalue weighted by atomic mass is 31.0. The van der Waals surface area contributed by atoms with Gasteiger partial charge in [0.05, 0.1) is 19.1 Å². The molecular formula is C40H57N10O6P. The van der Waals surface area contributed by atoms with E-state index in [4.69, 9.17) is 17.2 Å². The Kier molecular flexibility index (Phi) is 21.0. The molecule has 4 aromatic rings. The summed E-state index contributed by atoms with van der Waals surface area (Å²) in [5.74, 6) is -2.99. The topological polar surface area (TPSA) is 263 Å². The molecule has 12 N–H and O–H groups in total. The number of hydrogen-bond acceptors (Lipinski definition) is 9. The van der Waals surface area contributed by atoms with Gasteiger partial charge in [0.25, 0.3) is 5.91 Å². The monoisotopic (exact) mass is 804 g/mol. The number of phenolic OH excluding ortho intramolecular Hbond substituents is 1. The van der Waals surface area contributed by atoms with Crippen molar-refractivity contribution >= 4 is 55.3 Å². The summed E-state index contributed by atoms with van der Waals surface area (Å²) in [4.78, 5) is 69.4. The van der Waals surface area contributed by atoms with Crippen LogP contribution in [0.3, 0.4) is 0 Å². The fourth-order valence-corrected chi connectivity index (χ4v) is 5.07. The molecule has 0 spiro atoms. The molecule has 17 heteroatoms. The average Bonchev–Trinajstić information content (AvgIpc) is 3.59. The number of aliphatic imine (C=N–C) groups is 1. The summed E-state index contributed by atoms with van der Waals surface area (Å²) in [7, 11) is 2.32. The average molecular weight is 805 g/mol. The van der Waals surface area contributed by atoms with Gasteiger partial charge in [-0.1, -0.05) is 88.8 Å². The minimum Gasteiger partial charge on any atom is -0.508 e. The van der Waals surface area contributed by atoms with Crippen molar-refractivity contribution in [3.8, 4) is 5.75 Å². The van der Waals surface area contributed by atoms with E-state index >= 15 is 0 Å². The number of nitrogens with one attached hydrogen (secondary N) is 5. The lowest BCUT2D eigenvalue weighted by molar-refractivity contribution is -0.133. The number of nitrogens with two attached hydrogens (primary N) is 3. The Labute approximate surface area is 336 Å². The van der Waals surface area contributed by atoms with Crippen LogP contribution >= 0.6 is 9.24 Å².